The summed E-state index contributed by atoms with van der Waals surface area (Å²) < 4.78 is 47.9. The molecule has 0 spiro atoms. The third kappa shape index (κ3) is 5.54. The first-order valence-corrected chi connectivity index (χ1v) is 10.6. The van der Waals surface area contributed by atoms with Crippen LogP contribution in [0.4, 0.5) is 13.2 Å². The highest BCUT2D eigenvalue weighted by atomic mass is 19.4. The second-order valence-corrected chi connectivity index (χ2v) is 9.22. The number of halogens is 3. The van der Waals surface area contributed by atoms with Crippen molar-refractivity contribution in [3.05, 3.63) is 58.9 Å². The van der Waals surface area contributed by atoms with E-state index in [1.54, 1.807) is 39.2 Å². The number of benzene rings is 1. The molecule has 0 aliphatic carbocycles. The SMILES string of the molecule is C[C@@H]1CCCCN1Cc1cc(C(F)(F)F)c(C(C)(C)C)cc1OCc1cccnc1. The van der Waals surface area contributed by atoms with Gasteiger partial charge in [0.1, 0.15) is 12.4 Å². The number of aromatic nitrogens is 1. The summed E-state index contributed by atoms with van der Waals surface area (Å²) in [5.74, 6) is 0.523. The molecule has 164 valence electrons. The van der Waals surface area contributed by atoms with E-state index in [4.69, 9.17) is 4.74 Å². The predicted molar refractivity (Wildman–Crippen MR) is 112 cm³/mol. The van der Waals surface area contributed by atoms with E-state index in [0.717, 1.165) is 24.9 Å². The van der Waals surface area contributed by atoms with Crippen LogP contribution in [0.1, 0.15) is 69.2 Å². The summed E-state index contributed by atoms with van der Waals surface area (Å²) in [6.07, 6.45) is 2.29. The van der Waals surface area contributed by atoms with Crippen LogP contribution in [0, 0.1) is 0 Å². The van der Waals surface area contributed by atoms with Gasteiger partial charge in [-0.2, -0.15) is 13.2 Å². The highest BCUT2D eigenvalue weighted by Crippen LogP contribution is 2.41. The predicted octanol–water partition coefficient (Wildman–Crippen LogP) is 6.35. The van der Waals surface area contributed by atoms with E-state index in [1.807, 2.05) is 12.1 Å². The van der Waals surface area contributed by atoms with E-state index in [9.17, 15) is 13.2 Å². The Morgan fingerprint density at radius 2 is 1.90 bits per heavy atom. The van der Waals surface area contributed by atoms with Gasteiger partial charge in [-0.1, -0.05) is 33.3 Å². The van der Waals surface area contributed by atoms with Gasteiger partial charge in [-0.15, -0.1) is 0 Å². The Balaban J connectivity index is 2.01. The van der Waals surface area contributed by atoms with Gasteiger partial charge in [0.2, 0.25) is 0 Å². The van der Waals surface area contributed by atoms with Gasteiger partial charge in [0.05, 0.1) is 5.56 Å². The number of piperidine rings is 1. The molecule has 1 atom stereocenters. The van der Waals surface area contributed by atoms with Crippen LogP contribution in [0.15, 0.2) is 36.7 Å². The Hall–Kier alpha value is -2.08. The third-order valence-electron chi connectivity index (χ3n) is 5.75. The number of hydrogen-bond acceptors (Lipinski definition) is 3. The minimum atomic E-state index is -4.41. The molecule has 3 rings (SSSR count). The van der Waals surface area contributed by atoms with Crippen LogP contribution in [0.3, 0.4) is 0 Å². The average molecular weight is 421 g/mol. The van der Waals surface area contributed by atoms with Gasteiger partial charge in [0, 0.05) is 36.1 Å². The Labute approximate surface area is 177 Å². The van der Waals surface area contributed by atoms with Crippen LogP contribution in [0.25, 0.3) is 0 Å². The zero-order valence-corrected chi connectivity index (χ0v) is 18.2. The number of alkyl halides is 3. The van der Waals surface area contributed by atoms with Crippen molar-refractivity contribution in [3.8, 4) is 5.75 Å². The van der Waals surface area contributed by atoms with Crippen LogP contribution in [-0.4, -0.2) is 22.5 Å². The van der Waals surface area contributed by atoms with Gasteiger partial charge < -0.3 is 4.74 Å². The van der Waals surface area contributed by atoms with Gasteiger partial charge in [-0.25, -0.2) is 0 Å². The van der Waals surface area contributed by atoms with Gasteiger partial charge in [-0.3, -0.25) is 9.88 Å². The fourth-order valence-corrected chi connectivity index (χ4v) is 3.99. The first kappa shape index (κ1) is 22.6. The number of pyridine rings is 1. The van der Waals surface area contributed by atoms with Crippen molar-refractivity contribution >= 4 is 0 Å². The molecule has 1 saturated heterocycles. The first-order chi connectivity index (χ1) is 14.1. The number of ether oxygens (including phenoxy) is 1. The van der Waals surface area contributed by atoms with Gasteiger partial charge in [0.25, 0.3) is 0 Å². The average Bonchev–Trinajstić information content (AvgIpc) is 2.67. The van der Waals surface area contributed by atoms with Crippen LogP contribution in [-0.2, 0) is 24.7 Å². The summed E-state index contributed by atoms with van der Waals surface area (Å²) in [7, 11) is 0. The van der Waals surface area contributed by atoms with Crippen molar-refractivity contribution in [1.82, 2.24) is 9.88 Å². The van der Waals surface area contributed by atoms with E-state index in [0.29, 0.717) is 23.9 Å². The first-order valence-electron chi connectivity index (χ1n) is 10.6. The van der Waals surface area contributed by atoms with Crippen LogP contribution in [0.5, 0.6) is 5.75 Å². The number of likely N-dealkylation sites (tertiary alicyclic amines) is 1. The molecule has 0 unspecified atom stereocenters. The minimum absolute atomic E-state index is 0.256. The summed E-state index contributed by atoms with van der Waals surface area (Å²) >= 11 is 0. The molecule has 2 heterocycles. The van der Waals surface area contributed by atoms with E-state index < -0.39 is 17.2 Å². The second-order valence-electron chi connectivity index (χ2n) is 9.22. The van der Waals surface area contributed by atoms with Crippen molar-refractivity contribution < 1.29 is 17.9 Å². The highest BCUT2D eigenvalue weighted by molar-refractivity contribution is 5.47. The third-order valence-corrected chi connectivity index (χ3v) is 5.75. The van der Waals surface area contributed by atoms with Crippen LogP contribution in [0.2, 0.25) is 0 Å². The molecule has 30 heavy (non-hydrogen) atoms. The lowest BCUT2D eigenvalue weighted by Crippen LogP contribution is -2.37. The Morgan fingerprint density at radius 3 is 2.50 bits per heavy atom. The number of hydrogen-bond donors (Lipinski definition) is 0. The molecular formula is C24H31F3N2O. The molecule has 1 aliphatic rings. The Kier molecular flexibility index (Phi) is 6.75. The number of rotatable bonds is 5. The molecule has 2 aromatic rings. The topological polar surface area (TPSA) is 25.4 Å². The molecule has 1 fully saturated rings. The molecule has 0 N–H and O–H groups in total. The van der Waals surface area contributed by atoms with Gasteiger partial charge in [0.15, 0.2) is 0 Å². The van der Waals surface area contributed by atoms with Crippen molar-refractivity contribution in [2.45, 2.75) is 77.7 Å². The summed E-state index contributed by atoms with van der Waals surface area (Å²) in [5.41, 5.74) is 0.504. The van der Waals surface area contributed by atoms with Crippen LogP contribution >= 0.6 is 0 Å². The lowest BCUT2D eigenvalue weighted by atomic mass is 9.82. The molecule has 0 bridgehead atoms. The van der Waals surface area contributed by atoms with E-state index in [1.165, 1.54) is 12.5 Å². The molecule has 1 aromatic carbocycles. The largest absolute Gasteiger partial charge is 0.489 e. The molecule has 0 radical (unpaired) electrons. The van der Waals surface area contributed by atoms with Crippen molar-refractivity contribution in [3.63, 3.8) is 0 Å². The van der Waals surface area contributed by atoms with Crippen molar-refractivity contribution in [2.24, 2.45) is 0 Å². The Bertz CT molecular complexity index is 844. The minimum Gasteiger partial charge on any atom is -0.489 e. The molecule has 1 aliphatic heterocycles. The quantitative estimate of drug-likeness (QED) is 0.563. The maximum atomic E-state index is 13.9. The summed E-state index contributed by atoms with van der Waals surface area (Å²) in [6.45, 7) is 9.16. The normalized spacial score (nSPS) is 18.4. The van der Waals surface area contributed by atoms with Crippen LogP contribution < -0.4 is 4.74 Å². The van der Waals surface area contributed by atoms with E-state index >= 15 is 0 Å². The molecule has 6 heteroatoms. The maximum absolute atomic E-state index is 13.9. The van der Waals surface area contributed by atoms with Crippen molar-refractivity contribution in [2.75, 3.05) is 6.54 Å². The van der Waals surface area contributed by atoms with Crippen molar-refractivity contribution in [1.29, 1.82) is 0 Å². The van der Waals surface area contributed by atoms with Gasteiger partial charge in [-0.05, 0) is 55.5 Å². The molecule has 3 nitrogen and oxygen atoms in total. The lowest BCUT2D eigenvalue weighted by Gasteiger charge is -2.34. The number of nitrogens with zero attached hydrogens (tertiary/aromatic N) is 2. The zero-order valence-electron chi connectivity index (χ0n) is 18.2. The molecule has 1 aromatic heterocycles. The van der Waals surface area contributed by atoms with E-state index in [-0.39, 0.29) is 12.2 Å². The standard InChI is InChI=1S/C24H31F3N2O/c1-17-8-5-6-11-29(17)15-19-12-21(24(25,26)27)20(23(2,3)4)13-22(19)30-16-18-9-7-10-28-14-18/h7,9-10,12-14,17H,5-6,8,11,15-16H2,1-4H3/t17-/m1/s1. The smallest absolute Gasteiger partial charge is 0.416 e. The summed E-state index contributed by atoms with van der Waals surface area (Å²) in [6, 6.07) is 6.97. The molecular weight excluding hydrogens is 389 g/mol. The fraction of sp³-hybridized carbons (Fsp3) is 0.542. The fourth-order valence-electron chi connectivity index (χ4n) is 3.99. The maximum Gasteiger partial charge on any atom is 0.416 e. The van der Waals surface area contributed by atoms with E-state index in [2.05, 4.69) is 16.8 Å². The summed E-state index contributed by atoms with van der Waals surface area (Å²) in [5, 5.41) is 0. The summed E-state index contributed by atoms with van der Waals surface area (Å²) in [4.78, 5) is 6.35. The van der Waals surface area contributed by atoms with Gasteiger partial charge >= 0.3 is 6.18 Å². The zero-order chi connectivity index (χ0) is 21.9. The lowest BCUT2D eigenvalue weighted by molar-refractivity contribution is -0.138. The molecule has 0 saturated carbocycles. The highest BCUT2D eigenvalue weighted by Gasteiger charge is 2.38. The second kappa shape index (κ2) is 8.96. The molecule has 0 amide bonds. The monoisotopic (exact) mass is 420 g/mol. The Morgan fingerprint density at radius 1 is 1.13 bits per heavy atom.